The first-order chi connectivity index (χ1) is 11.9. The van der Waals surface area contributed by atoms with E-state index in [-0.39, 0.29) is 24.4 Å². The Balaban J connectivity index is 1.74. The minimum atomic E-state index is -0.741. The van der Waals surface area contributed by atoms with Gasteiger partial charge in [-0.15, -0.1) is 0 Å². The topological polar surface area (TPSA) is 69.7 Å². The molecule has 6 heteroatoms. The second-order valence-corrected chi connectivity index (χ2v) is 7.12. The molecule has 2 fully saturated rings. The lowest BCUT2D eigenvalue weighted by Crippen LogP contribution is -2.49. The number of carbonyl (C=O) groups is 3. The molecule has 0 bridgehead atoms. The molecule has 6 nitrogen and oxygen atoms in total. The minimum absolute atomic E-state index is 0.226. The smallest absolute Gasteiger partial charge is 0.324 e. The number of imide groups is 1. The van der Waals surface area contributed by atoms with Gasteiger partial charge in [-0.2, -0.15) is 0 Å². The zero-order valence-electron chi connectivity index (χ0n) is 15.1. The third-order valence-electron chi connectivity index (χ3n) is 5.66. The van der Waals surface area contributed by atoms with Crippen LogP contribution in [0.2, 0.25) is 0 Å². The van der Waals surface area contributed by atoms with E-state index in [1.54, 1.807) is 11.9 Å². The number of benzene rings is 1. The molecule has 0 radical (unpaired) electrons. The molecule has 134 valence electrons. The fraction of sp³-hybridized carbons (Fsp3) is 0.526. The van der Waals surface area contributed by atoms with Gasteiger partial charge in [-0.05, 0) is 43.9 Å². The number of nitrogens with one attached hydrogen (secondary N) is 1. The number of hydrogen-bond acceptors (Lipinski definition) is 3. The van der Waals surface area contributed by atoms with Gasteiger partial charge in [0.05, 0.1) is 0 Å². The highest BCUT2D eigenvalue weighted by molar-refractivity contribution is 6.10. The molecule has 1 spiro atoms. The number of anilines is 1. The maximum absolute atomic E-state index is 12.9. The summed E-state index contributed by atoms with van der Waals surface area (Å²) in [6.45, 7) is 3.67. The Labute approximate surface area is 148 Å². The van der Waals surface area contributed by atoms with Gasteiger partial charge in [-0.3, -0.25) is 14.5 Å². The third-order valence-corrected chi connectivity index (χ3v) is 5.66. The molecule has 2 aliphatic rings. The Morgan fingerprint density at radius 1 is 1.16 bits per heavy atom. The Morgan fingerprint density at radius 2 is 1.84 bits per heavy atom. The van der Waals surface area contributed by atoms with Gasteiger partial charge in [-0.25, -0.2) is 4.79 Å². The molecule has 1 aliphatic carbocycles. The van der Waals surface area contributed by atoms with E-state index in [1.165, 1.54) is 0 Å². The van der Waals surface area contributed by atoms with Crippen molar-refractivity contribution in [3.8, 4) is 0 Å². The van der Waals surface area contributed by atoms with Crippen LogP contribution in [0.1, 0.15) is 43.2 Å². The summed E-state index contributed by atoms with van der Waals surface area (Å²) in [5.41, 5.74) is 2.03. The summed E-state index contributed by atoms with van der Waals surface area (Å²) in [5, 5.41) is 2.82. The zero-order valence-corrected chi connectivity index (χ0v) is 15.1. The zero-order chi connectivity index (χ0) is 18.2. The first kappa shape index (κ1) is 17.5. The largest absolute Gasteiger partial charge is 0.327 e. The van der Waals surface area contributed by atoms with E-state index < -0.39 is 5.54 Å². The molecular formula is C19H25N3O3. The van der Waals surface area contributed by atoms with Crippen LogP contribution in [-0.4, -0.2) is 46.8 Å². The van der Waals surface area contributed by atoms with E-state index in [1.807, 2.05) is 32.0 Å². The first-order valence-electron chi connectivity index (χ1n) is 8.82. The average Bonchev–Trinajstić information content (AvgIpc) is 2.76. The van der Waals surface area contributed by atoms with Crippen LogP contribution in [0.5, 0.6) is 0 Å². The molecule has 3 rings (SSSR count). The summed E-state index contributed by atoms with van der Waals surface area (Å²) in [6, 6.07) is 5.29. The highest BCUT2D eigenvalue weighted by Crippen LogP contribution is 2.39. The molecular weight excluding hydrogens is 318 g/mol. The van der Waals surface area contributed by atoms with E-state index in [0.717, 1.165) is 35.3 Å². The predicted octanol–water partition coefficient (Wildman–Crippen LogP) is 2.84. The number of carbonyl (C=O) groups excluding carboxylic acids is 3. The number of amides is 4. The van der Waals surface area contributed by atoms with Crippen LogP contribution in [-0.2, 0) is 9.59 Å². The third kappa shape index (κ3) is 2.90. The number of nitrogens with zero attached hydrogens (tertiary/aromatic N) is 2. The number of urea groups is 1. The number of hydrogen-bond donors (Lipinski definition) is 1. The maximum atomic E-state index is 12.9. The van der Waals surface area contributed by atoms with Gasteiger partial charge in [0.15, 0.2) is 0 Å². The van der Waals surface area contributed by atoms with E-state index in [0.29, 0.717) is 18.5 Å². The average molecular weight is 343 g/mol. The lowest BCUT2D eigenvalue weighted by Gasteiger charge is -2.35. The van der Waals surface area contributed by atoms with Crippen LogP contribution in [0.15, 0.2) is 18.2 Å². The van der Waals surface area contributed by atoms with Crippen LogP contribution in [0.3, 0.4) is 0 Å². The molecule has 0 unspecified atom stereocenters. The maximum Gasteiger partial charge on any atom is 0.327 e. The molecule has 0 atom stereocenters. The fourth-order valence-corrected chi connectivity index (χ4v) is 3.89. The van der Waals surface area contributed by atoms with Crippen molar-refractivity contribution in [2.24, 2.45) is 0 Å². The van der Waals surface area contributed by atoms with Gasteiger partial charge < -0.3 is 10.2 Å². The van der Waals surface area contributed by atoms with Gasteiger partial charge in [-0.1, -0.05) is 31.4 Å². The second kappa shape index (κ2) is 6.50. The molecule has 0 aromatic heterocycles. The Kier molecular flexibility index (Phi) is 4.54. The molecule has 1 aliphatic heterocycles. The van der Waals surface area contributed by atoms with Gasteiger partial charge in [0, 0.05) is 12.7 Å². The SMILES string of the molecule is Cc1cccc(NC(=O)CN2C(=O)N(C)C3(CCCCC3)C2=O)c1C. The predicted molar refractivity (Wildman–Crippen MR) is 95.2 cm³/mol. The van der Waals surface area contributed by atoms with Crippen molar-refractivity contribution in [2.75, 3.05) is 18.9 Å². The van der Waals surface area contributed by atoms with Gasteiger partial charge >= 0.3 is 6.03 Å². The Bertz CT molecular complexity index is 723. The van der Waals surface area contributed by atoms with Crippen LogP contribution in [0.4, 0.5) is 10.5 Å². The summed E-state index contributed by atoms with van der Waals surface area (Å²) in [6.07, 6.45) is 4.33. The van der Waals surface area contributed by atoms with Crippen LogP contribution < -0.4 is 5.32 Å². The van der Waals surface area contributed by atoms with E-state index in [4.69, 9.17) is 0 Å². The number of likely N-dealkylation sites (N-methyl/N-ethyl adjacent to an activating group) is 1. The molecule has 1 saturated carbocycles. The molecule has 1 N–H and O–H groups in total. The monoisotopic (exact) mass is 343 g/mol. The lowest BCUT2D eigenvalue weighted by atomic mass is 9.81. The Morgan fingerprint density at radius 3 is 2.52 bits per heavy atom. The summed E-state index contributed by atoms with van der Waals surface area (Å²) in [5.74, 6) is -0.576. The summed E-state index contributed by atoms with van der Waals surface area (Å²) >= 11 is 0. The standard InChI is InChI=1S/C19H25N3O3/c1-13-8-7-9-15(14(13)2)20-16(23)12-22-17(24)19(21(3)18(22)25)10-5-4-6-11-19/h7-9H,4-6,10-12H2,1-3H3,(H,20,23). The van der Waals surface area contributed by atoms with Crippen molar-refractivity contribution in [1.29, 1.82) is 0 Å². The summed E-state index contributed by atoms with van der Waals surface area (Å²) in [4.78, 5) is 40.5. The minimum Gasteiger partial charge on any atom is -0.324 e. The fourth-order valence-electron chi connectivity index (χ4n) is 3.89. The van der Waals surface area contributed by atoms with Gasteiger partial charge in [0.2, 0.25) is 5.91 Å². The lowest BCUT2D eigenvalue weighted by molar-refractivity contribution is -0.136. The van der Waals surface area contributed by atoms with Gasteiger partial charge in [0.1, 0.15) is 12.1 Å². The highest BCUT2D eigenvalue weighted by Gasteiger charge is 2.55. The quantitative estimate of drug-likeness (QED) is 0.858. The van der Waals surface area contributed by atoms with Crippen LogP contribution in [0, 0.1) is 13.8 Å². The molecule has 1 aromatic carbocycles. The number of rotatable bonds is 3. The van der Waals surface area contributed by atoms with Crippen LogP contribution >= 0.6 is 0 Å². The molecule has 1 saturated heterocycles. The van der Waals surface area contributed by atoms with Crippen molar-refractivity contribution < 1.29 is 14.4 Å². The van der Waals surface area contributed by atoms with E-state index >= 15 is 0 Å². The molecule has 25 heavy (non-hydrogen) atoms. The van der Waals surface area contributed by atoms with Crippen molar-refractivity contribution in [3.05, 3.63) is 29.3 Å². The van der Waals surface area contributed by atoms with Crippen molar-refractivity contribution in [3.63, 3.8) is 0 Å². The molecule has 1 aromatic rings. The second-order valence-electron chi connectivity index (χ2n) is 7.12. The van der Waals surface area contributed by atoms with Crippen LogP contribution in [0.25, 0.3) is 0 Å². The highest BCUT2D eigenvalue weighted by atomic mass is 16.2. The molecule has 1 heterocycles. The summed E-state index contributed by atoms with van der Waals surface area (Å²) in [7, 11) is 1.67. The molecule has 4 amide bonds. The van der Waals surface area contributed by atoms with Crippen molar-refractivity contribution in [2.45, 2.75) is 51.5 Å². The normalized spacial score (nSPS) is 19.6. The van der Waals surface area contributed by atoms with Crippen molar-refractivity contribution >= 4 is 23.5 Å². The van der Waals surface area contributed by atoms with E-state index in [2.05, 4.69) is 5.32 Å². The first-order valence-corrected chi connectivity index (χ1v) is 8.82. The van der Waals surface area contributed by atoms with Crippen molar-refractivity contribution in [1.82, 2.24) is 9.80 Å². The summed E-state index contributed by atoms with van der Waals surface area (Å²) < 4.78 is 0. The van der Waals surface area contributed by atoms with Gasteiger partial charge in [0.25, 0.3) is 5.91 Å². The number of aryl methyl sites for hydroxylation is 1. The van der Waals surface area contributed by atoms with E-state index in [9.17, 15) is 14.4 Å². The Hall–Kier alpha value is -2.37.